The van der Waals surface area contributed by atoms with Crippen LogP contribution in [-0.2, 0) is 16.1 Å². The van der Waals surface area contributed by atoms with Gasteiger partial charge in [0.25, 0.3) is 0 Å². The maximum Gasteiger partial charge on any atom is 0.139 e. The average molecular weight is 381 g/mol. The van der Waals surface area contributed by atoms with Crippen LogP contribution in [0.4, 0.5) is 0 Å². The van der Waals surface area contributed by atoms with Gasteiger partial charge in [0.05, 0.1) is 12.7 Å². The number of rotatable bonds is 3. The van der Waals surface area contributed by atoms with E-state index < -0.39 is 0 Å². The maximum atomic E-state index is 12.6. The van der Waals surface area contributed by atoms with Crippen LogP contribution >= 0.6 is 0 Å². The maximum absolute atomic E-state index is 12.6. The first kappa shape index (κ1) is 18.9. The summed E-state index contributed by atoms with van der Waals surface area (Å²) in [4.78, 5) is 12.6. The summed E-state index contributed by atoms with van der Waals surface area (Å²) in [5.41, 5.74) is 1.78. The van der Waals surface area contributed by atoms with Gasteiger partial charge in [-0.15, -0.1) is 0 Å². The van der Waals surface area contributed by atoms with E-state index in [0.717, 1.165) is 37.2 Å². The first-order valence-corrected chi connectivity index (χ1v) is 11.7. The average Bonchev–Trinajstić information content (AvgIpc) is 3.02. The molecule has 4 aliphatic rings. The van der Waals surface area contributed by atoms with Crippen molar-refractivity contribution in [3.8, 4) is 0 Å². The summed E-state index contributed by atoms with van der Waals surface area (Å²) in [5, 5.41) is 0. The molecule has 0 aromatic heterocycles. The Labute approximate surface area is 170 Å². The second kappa shape index (κ2) is 6.97. The molecule has 7 atom stereocenters. The summed E-state index contributed by atoms with van der Waals surface area (Å²) < 4.78 is 6.35. The number of fused-ring (bicyclic) bond motifs is 5. The molecule has 4 aliphatic carbocycles. The molecule has 0 aliphatic heterocycles. The third kappa shape index (κ3) is 2.90. The van der Waals surface area contributed by atoms with Crippen molar-refractivity contribution in [1.29, 1.82) is 0 Å². The Bertz CT molecular complexity index is 727. The summed E-state index contributed by atoms with van der Waals surface area (Å²) in [5.74, 6) is 3.69. The predicted molar refractivity (Wildman–Crippen MR) is 112 cm³/mol. The van der Waals surface area contributed by atoms with E-state index in [4.69, 9.17) is 4.74 Å². The molecule has 0 unspecified atom stereocenters. The van der Waals surface area contributed by atoms with E-state index in [2.05, 4.69) is 44.2 Å². The highest BCUT2D eigenvalue weighted by Crippen LogP contribution is 2.65. The number of carbonyl (C=O) groups excluding carboxylic acids is 1. The molecule has 1 aromatic carbocycles. The Morgan fingerprint density at radius 3 is 2.61 bits per heavy atom. The fourth-order valence-corrected chi connectivity index (χ4v) is 7.93. The summed E-state index contributed by atoms with van der Waals surface area (Å²) in [6.07, 6.45) is 11.3. The molecule has 1 aromatic rings. The molecular formula is C26H36O2. The number of ether oxygens (including phenoxy) is 1. The molecular weight excluding hydrogens is 344 g/mol. The molecule has 28 heavy (non-hydrogen) atoms. The highest BCUT2D eigenvalue weighted by atomic mass is 16.5. The number of Topliss-reactive ketones (excluding diaryl/α,β-unsaturated/α-hetero) is 1. The van der Waals surface area contributed by atoms with Crippen molar-refractivity contribution in [2.45, 2.75) is 84.3 Å². The molecule has 2 nitrogen and oxygen atoms in total. The van der Waals surface area contributed by atoms with E-state index in [-0.39, 0.29) is 5.41 Å². The first-order valence-electron chi connectivity index (χ1n) is 11.7. The topological polar surface area (TPSA) is 26.3 Å². The van der Waals surface area contributed by atoms with Crippen LogP contribution in [0.2, 0.25) is 0 Å². The minimum Gasteiger partial charge on any atom is -0.374 e. The molecule has 0 radical (unpaired) electrons. The number of benzene rings is 1. The molecule has 0 saturated heterocycles. The van der Waals surface area contributed by atoms with Crippen LogP contribution in [0.1, 0.15) is 77.2 Å². The van der Waals surface area contributed by atoms with Crippen molar-refractivity contribution < 1.29 is 9.53 Å². The van der Waals surface area contributed by atoms with Gasteiger partial charge in [0.2, 0.25) is 0 Å². The van der Waals surface area contributed by atoms with Gasteiger partial charge in [0.15, 0.2) is 0 Å². The van der Waals surface area contributed by atoms with Gasteiger partial charge in [-0.05, 0) is 86.0 Å². The van der Waals surface area contributed by atoms with Gasteiger partial charge < -0.3 is 4.74 Å². The monoisotopic (exact) mass is 380 g/mol. The smallest absolute Gasteiger partial charge is 0.139 e. The molecule has 5 rings (SSSR count). The lowest BCUT2D eigenvalue weighted by molar-refractivity contribution is -0.145. The Hall–Kier alpha value is -1.15. The van der Waals surface area contributed by atoms with Crippen LogP contribution in [0.15, 0.2) is 30.3 Å². The fraction of sp³-hybridized carbons (Fsp3) is 0.731. The van der Waals surface area contributed by atoms with Crippen LogP contribution in [0.3, 0.4) is 0 Å². The molecule has 152 valence electrons. The summed E-state index contributed by atoms with van der Waals surface area (Å²) >= 11 is 0. The predicted octanol–water partition coefficient (Wildman–Crippen LogP) is 6.18. The van der Waals surface area contributed by atoms with Crippen molar-refractivity contribution in [3.05, 3.63) is 35.9 Å². The van der Waals surface area contributed by atoms with Crippen molar-refractivity contribution in [1.82, 2.24) is 0 Å². The molecule has 2 heteroatoms. The number of hydrogen-bond donors (Lipinski definition) is 0. The van der Waals surface area contributed by atoms with Gasteiger partial charge in [-0.2, -0.15) is 0 Å². The normalized spacial score (nSPS) is 45.2. The molecule has 0 bridgehead atoms. The minimum atomic E-state index is 0.0142. The zero-order valence-corrected chi connectivity index (χ0v) is 17.7. The Morgan fingerprint density at radius 1 is 0.964 bits per heavy atom. The van der Waals surface area contributed by atoms with Crippen molar-refractivity contribution in [2.24, 2.45) is 34.5 Å². The second-order valence-corrected chi connectivity index (χ2v) is 10.8. The van der Waals surface area contributed by atoms with Crippen LogP contribution in [-0.4, -0.2) is 11.9 Å². The van der Waals surface area contributed by atoms with Crippen molar-refractivity contribution in [3.63, 3.8) is 0 Å². The van der Waals surface area contributed by atoms with Gasteiger partial charge >= 0.3 is 0 Å². The molecule has 0 amide bonds. The van der Waals surface area contributed by atoms with E-state index in [1.54, 1.807) is 0 Å². The largest absolute Gasteiger partial charge is 0.374 e. The lowest BCUT2D eigenvalue weighted by Gasteiger charge is -2.60. The van der Waals surface area contributed by atoms with E-state index in [0.29, 0.717) is 23.2 Å². The molecule has 0 spiro atoms. The van der Waals surface area contributed by atoms with Crippen molar-refractivity contribution in [2.75, 3.05) is 0 Å². The van der Waals surface area contributed by atoms with Crippen LogP contribution in [0, 0.1) is 34.5 Å². The zero-order valence-electron chi connectivity index (χ0n) is 17.7. The van der Waals surface area contributed by atoms with Crippen molar-refractivity contribution >= 4 is 5.78 Å². The lowest BCUT2D eigenvalue weighted by atomic mass is 9.45. The van der Waals surface area contributed by atoms with E-state index in [1.807, 2.05) is 0 Å². The SMILES string of the molecule is C[C@]12CC[C@H](OCc3ccccc3)C[C@@H]1CC[C@H]1[C@H]2CC[C@@]2(C)C(=O)CC[C@H]12. The molecule has 4 fully saturated rings. The highest BCUT2D eigenvalue weighted by molar-refractivity contribution is 5.87. The van der Waals surface area contributed by atoms with Gasteiger partial charge in [-0.3, -0.25) is 4.79 Å². The Kier molecular flexibility index (Phi) is 4.69. The quantitative estimate of drug-likeness (QED) is 0.625. The van der Waals surface area contributed by atoms with E-state index in [1.165, 1.54) is 50.5 Å². The van der Waals surface area contributed by atoms with E-state index >= 15 is 0 Å². The first-order chi connectivity index (χ1) is 13.5. The highest BCUT2D eigenvalue weighted by Gasteiger charge is 2.60. The van der Waals surface area contributed by atoms with Crippen LogP contribution < -0.4 is 0 Å². The summed E-state index contributed by atoms with van der Waals surface area (Å²) in [7, 11) is 0. The zero-order chi connectivity index (χ0) is 19.4. The van der Waals surface area contributed by atoms with E-state index in [9.17, 15) is 4.79 Å². The Morgan fingerprint density at radius 2 is 1.79 bits per heavy atom. The number of ketones is 1. The molecule has 0 heterocycles. The molecule has 0 N–H and O–H groups in total. The standard InChI is InChI=1S/C26H36O2/c1-25-14-12-20(28-17-18-6-4-3-5-7-18)16-19(25)8-9-21-22-10-11-24(27)26(22,2)15-13-23(21)25/h3-7,19-23H,8-17H2,1-2H3/t19-,20-,21+,22+,23+,25-,26+/m0/s1. The van der Waals surface area contributed by atoms with Gasteiger partial charge in [-0.1, -0.05) is 44.2 Å². The minimum absolute atomic E-state index is 0.0142. The third-order valence-corrected chi connectivity index (χ3v) is 9.66. The third-order valence-electron chi connectivity index (χ3n) is 9.66. The number of carbonyl (C=O) groups is 1. The van der Waals surface area contributed by atoms with Gasteiger partial charge in [-0.25, -0.2) is 0 Å². The second-order valence-electron chi connectivity index (χ2n) is 10.8. The summed E-state index contributed by atoms with van der Waals surface area (Å²) in [6.45, 7) is 5.65. The van der Waals surface area contributed by atoms with Crippen LogP contribution in [0.25, 0.3) is 0 Å². The van der Waals surface area contributed by atoms with Gasteiger partial charge in [0.1, 0.15) is 5.78 Å². The lowest BCUT2D eigenvalue weighted by Crippen LogP contribution is -2.54. The summed E-state index contributed by atoms with van der Waals surface area (Å²) in [6, 6.07) is 10.6. The van der Waals surface area contributed by atoms with Gasteiger partial charge in [0, 0.05) is 11.8 Å². The Balaban J connectivity index is 1.27. The fourth-order valence-electron chi connectivity index (χ4n) is 7.93. The number of hydrogen-bond acceptors (Lipinski definition) is 2. The molecule has 4 saturated carbocycles. The van der Waals surface area contributed by atoms with Crippen LogP contribution in [0.5, 0.6) is 0 Å².